The summed E-state index contributed by atoms with van der Waals surface area (Å²) in [5, 5.41) is 0.692. The van der Waals surface area contributed by atoms with Crippen molar-refractivity contribution in [2.45, 2.75) is 6.92 Å². The standard InChI is InChI=1S/C20H23ClN2O3/c1-15-12-18(6-7-19(15)21)26-14-20(24)23-10-8-22(9-11-23)16-4-3-5-17(13-16)25-2/h3-7,12-13H,8-11,14H2,1-2H3. The highest BCUT2D eigenvalue weighted by Crippen LogP contribution is 2.23. The molecule has 6 heteroatoms. The Morgan fingerprint density at radius 3 is 2.54 bits per heavy atom. The van der Waals surface area contributed by atoms with Gasteiger partial charge in [0.15, 0.2) is 6.61 Å². The Balaban J connectivity index is 1.50. The van der Waals surface area contributed by atoms with Crippen molar-refractivity contribution in [2.75, 3.05) is 44.8 Å². The van der Waals surface area contributed by atoms with Crippen LogP contribution in [-0.4, -0.2) is 50.7 Å². The van der Waals surface area contributed by atoms with Crippen molar-refractivity contribution in [3.63, 3.8) is 0 Å². The van der Waals surface area contributed by atoms with Crippen molar-refractivity contribution in [1.82, 2.24) is 4.90 Å². The van der Waals surface area contributed by atoms with Gasteiger partial charge < -0.3 is 19.3 Å². The lowest BCUT2D eigenvalue weighted by molar-refractivity contribution is -0.133. The van der Waals surface area contributed by atoms with Crippen LogP contribution in [0.3, 0.4) is 0 Å². The first-order valence-electron chi connectivity index (χ1n) is 8.62. The number of rotatable bonds is 5. The fourth-order valence-electron chi connectivity index (χ4n) is 2.96. The Morgan fingerprint density at radius 1 is 1.08 bits per heavy atom. The Bertz CT molecular complexity index is 773. The molecule has 0 atom stereocenters. The van der Waals surface area contributed by atoms with Crippen LogP contribution in [0, 0.1) is 6.92 Å². The maximum absolute atomic E-state index is 12.4. The number of aryl methyl sites for hydroxylation is 1. The molecule has 5 nitrogen and oxygen atoms in total. The van der Waals surface area contributed by atoms with E-state index >= 15 is 0 Å². The molecule has 1 aliphatic heterocycles. The number of amides is 1. The van der Waals surface area contributed by atoms with Gasteiger partial charge in [0.05, 0.1) is 7.11 Å². The summed E-state index contributed by atoms with van der Waals surface area (Å²) in [5.74, 6) is 1.51. The van der Waals surface area contributed by atoms with E-state index in [1.807, 2.05) is 36.1 Å². The van der Waals surface area contributed by atoms with Crippen molar-refractivity contribution in [3.05, 3.63) is 53.1 Å². The molecule has 0 radical (unpaired) electrons. The zero-order chi connectivity index (χ0) is 18.5. The van der Waals surface area contributed by atoms with E-state index in [-0.39, 0.29) is 12.5 Å². The molecular formula is C20H23ClN2O3. The van der Waals surface area contributed by atoms with Crippen LogP contribution in [0.15, 0.2) is 42.5 Å². The molecule has 0 spiro atoms. The van der Waals surface area contributed by atoms with Gasteiger partial charge in [0, 0.05) is 43.0 Å². The first kappa shape index (κ1) is 18.4. The number of nitrogens with zero attached hydrogens (tertiary/aromatic N) is 2. The van der Waals surface area contributed by atoms with Gasteiger partial charge in [-0.25, -0.2) is 0 Å². The largest absolute Gasteiger partial charge is 0.497 e. The average molecular weight is 375 g/mol. The van der Waals surface area contributed by atoms with E-state index in [1.165, 1.54) is 0 Å². The molecule has 0 aliphatic carbocycles. The molecule has 1 fully saturated rings. The van der Waals surface area contributed by atoms with Crippen LogP contribution < -0.4 is 14.4 Å². The SMILES string of the molecule is COc1cccc(N2CCN(C(=O)COc3ccc(Cl)c(C)c3)CC2)c1. The minimum absolute atomic E-state index is 0.00268. The number of piperazine rings is 1. The summed E-state index contributed by atoms with van der Waals surface area (Å²) in [6, 6.07) is 13.4. The van der Waals surface area contributed by atoms with E-state index in [2.05, 4.69) is 11.0 Å². The van der Waals surface area contributed by atoms with Crippen LogP contribution in [-0.2, 0) is 4.79 Å². The summed E-state index contributed by atoms with van der Waals surface area (Å²) in [6.45, 7) is 4.89. The lowest BCUT2D eigenvalue weighted by atomic mass is 10.2. The number of benzene rings is 2. The van der Waals surface area contributed by atoms with Crippen LogP contribution in [0.25, 0.3) is 0 Å². The number of carbonyl (C=O) groups is 1. The third-order valence-corrected chi connectivity index (χ3v) is 4.97. The molecule has 0 saturated carbocycles. The third-order valence-electron chi connectivity index (χ3n) is 4.54. The summed E-state index contributed by atoms with van der Waals surface area (Å²) >= 11 is 6.01. The van der Waals surface area contributed by atoms with Crippen LogP contribution in [0.5, 0.6) is 11.5 Å². The van der Waals surface area contributed by atoms with Crippen molar-refractivity contribution < 1.29 is 14.3 Å². The number of halogens is 1. The summed E-state index contributed by atoms with van der Waals surface area (Å²) in [6.07, 6.45) is 0. The van der Waals surface area contributed by atoms with Crippen molar-refractivity contribution in [2.24, 2.45) is 0 Å². The molecule has 1 saturated heterocycles. The van der Waals surface area contributed by atoms with Crippen molar-refractivity contribution in [3.8, 4) is 11.5 Å². The zero-order valence-corrected chi connectivity index (χ0v) is 15.8. The molecule has 1 heterocycles. The Hall–Kier alpha value is -2.40. The summed E-state index contributed by atoms with van der Waals surface area (Å²) in [7, 11) is 1.66. The number of ether oxygens (including phenoxy) is 2. The average Bonchev–Trinajstić information content (AvgIpc) is 2.69. The third kappa shape index (κ3) is 4.41. The molecule has 0 bridgehead atoms. The first-order chi connectivity index (χ1) is 12.6. The van der Waals surface area contributed by atoms with E-state index < -0.39 is 0 Å². The van der Waals surface area contributed by atoms with Crippen LogP contribution in [0.2, 0.25) is 5.02 Å². The number of hydrogen-bond donors (Lipinski definition) is 0. The molecule has 0 unspecified atom stereocenters. The first-order valence-corrected chi connectivity index (χ1v) is 9.00. The molecule has 26 heavy (non-hydrogen) atoms. The van der Waals surface area contributed by atoms with E-state index in [9.17, 15) is 4.79 Å². The Labute approximate surface area is 159 Å². The van der Waals surface area contributed by atoms with Gasteiger partial charge in [-0.15, -0.1) is 0 Å². The fraction of sp³-hybridized carbons (Fsp3) is 0.350. The van der Waals surface area contributed by atoms with E-state index in [0.717, 1.165) is 30.1 Å². The Morgan fingerprint density at radius 2 is 1.85 bits per heavy atom. The smallest absolute Gasteiger partial charge is 0.260 e. The van der Waals surface area contributed by atoms with Gasteiger partial charge in [0.25, 0.3) is 5.91 Å². The summed E-state index contributed by atoms with van der Waals surface area (Å²) in [5.41, 5.74) is 2.05. The second kappa shape index (κ2) is 8.32. The highest BCUT2D eigenvalue weighted by Gasteiger charge is 2.21. The van der Waals surface area contributed by atoms with Crippen LogP contribution in [0.4, 0.5) is 5.69 Å². The summed E-state index contributed by atoms with van der Waals surface area (Å²) in [4.78, 5) is 16.5. The Kier molecular flexibility index (Phi) is 5.89. The maximum Gasteiger partial charge on any atom is 0.260 e. The molecule has 1 amide bonds. The highest BCUT2D eigenvalue weighted by molar-refractivity contribution is 6.31. The molecule has 0 aromatic heterocycles. The molecular weight excluding hydrogens is 352 g/mol. The van der Waals surface area contributed by atoms with Gasteiger partial charge >= 0.3 is 0 Å². The minimum Gasteiger partial charge on any atom is -0.497 e. The molecule has 2 aromatic rings. The van der Waals surface area contributed by atoms with E-state index in [1.54, 1.807) is 19.2 Å². The lowest BCUT2D eigenvalue weighted by Gasteiger charge is -2.36. The predicted octanol–water partition coefficient (Wildman–Crippen LogP) is 3.38. The van der Waals surface area contributed by atoms with Crippen molar-refractivity contribution >= 4 is 23.2 Å². The van der Waals surface area contributed by atoms with Gasteiger partial charge in [-0.2, -0.15) is 0 Å². The van der Waals surface area contributed by atoms with Crippen LogP contribution >= 0.6 is 11.6 Å². The second-order valence-corrected chi connectivity index (χ2v) is 6.68. The number of carbonyl (C=O) groups excluding carboxylic acids is 1. The molecule has 2 aromatic carbocycles. The molecule has 3 rings (SSSR count). The zero-order valence-electron chi connectivity index (χ0n) is 15.1. The van der Waals surface area contributed by atoms with Gasteiger partial charge in [-0.1, -0.05) is 17.7 Å². The highest BCUT2D eigenvalue weighted by atomic mass is 35.5. The molecule has 1 aliphatic rings. The van der Waals surface area contributed by atoms with Gasteiger partial charge in [-0.3, -0.25) is 4.79 Å². The molecule has 138 valence electrons. The second-order valence-electron chi connectivity index (χ2n) is 6.27. The minimum atomic E-state index is 0.00268. The maximum atomic E-state index is 12.4. The normalized spacial score (nSPS) is 14.3. The van der Waals surface area contributed by atoms with Gasteiger partial charge in [-0.05, 0) is 42.8 Å². The van der Waals surface area contributed by atoms with E-state index in [0.29, 0.717) is 23.9 Å². The van der Waals surface area contributed by atoms with Gasteiger partial charge in [0.1, 0.15) is 11.5 Å². The number of hydrogen-bond acceptors (Lipinski definition) is 4. The molecule has 0 N–H and O–H groups in total. The monoisotopic (exact) mass is 374 g/mol. The van der Waals surface area contributed by atoms with Crippen LogP contribution in [0.1, 0.15) is 5.56 Å². The summed E-state index contributed by atoms with van der Waals surface area (Å²) < 4.78 is 10.9. The van der Waals surface area contributed by atoms with Gasteiger partial charge in [0.2, 0.25) is 0 Å². The quantitative estimate of drug-likeness (QED) is 0.804. The number of anilines is 1. The lowest BCUT2D eigenvalue weighted by Crippen LogP contribution is -2.50. The number of methoxy groups -OCH3 is 1. The topological polar surface area (TPSA) is 42.0 Å². The fourth-order valence-corrected chi connectivity index (χ4v) is 3.08. The van der Waals surface area contributed by atoms with E-state index in [4.69, 9.17) is 21.1 Å². The predicted molar refractivity (Wildman–Crippen MR) is 103 cm³/mol. The van der Waals surface area contributed by atoms with Crippen molar-refractivity contribution in [1.29, 1.82) is 0 Å².